The summed E-state index contributed by atoms with van der Waals surface area (Å²) in [5.74, 6) is 0.584. The number of nitrogens with one attached hydrogen (secondary N) is 1. The fourth-order valence-electron chi connectivity index (χ4n) is 3.81. The first-order valence-electron chi connectivity index (χ1n) is 12.5. The molecule has 0 atom stereocenters. The summed E-state index contributed by atoms with van der Waals surface area (Å²) in [5.41, 5.74) is 3.36. The highest BCUT2D eigenvalue weighted by Crippen LogP contribution is 2.35. The summed E-state index contributed by atoms with van der Waals surface area (Å²) in [5, 5.41) is 11.8. The van der Waals surface area contributed by atoms with E-state index in [0.29, 0.717) is 32.8 Å². The van der Waals surface area contributed by atoms with Crippen LogP contribution in [0.3, 0.4) is 0 Å². The summed E-state index contributed by atoms with van der Waals surface area (Å²) in [7, 11) is 0. The number of ether oxygens (including phenoxy) is 1. The van der Waals surface area contributed by atoms with Gasteiger partial charge in [-0.1, -0.05) is 66.2 Å². The van der Waals surface area contributed by atoms with Gasteiger partial charge in [0.15, 0.2) is 11.8 Å². The summed E-state index contributed by atoms with van der Waals surface area (Å²) in [4.78, 5) is 27.9. The van der Waals surface area contributed by atoms with Crippen LogP contribution in [0.2, 0.25) is 0 Å². The maximum Gasteiger partial charge on any atom is 0.267 e. The predicted octanol–water partition coefficient (Wildman–Crippen LogP) is 6.11. The number of amidine groups is 1. The minimum Gasteiger partial charge on any atom is -0.483 e. The molecular formula is C31H26N4O4S. The van der Waals surface area contributed by atoms with Gasteiger partial charge in [0.05, 0.1) is 23.9 Å². The smallest absolute Gasteiger partial charge is 0.267 e. The third kappa shape index (κ3) is 6.95. The van der Waals surface area contributed by atoms with Crippen molar-refractivity contribution >= 4 is 46.7 Å². The molecule has 0 radical (unpaired) electrons. The standard InChI is InChI=1S/C31H26N4O4S/c1-22-13-15-25(16-14-22)33-29(36)21-39-27-12-6-5-10-24(27)18-28-30(37)35(20-26-11-7-17-38-26)31(40-28)34-32-19-23-8-3-2-4-9-23/h2-19H,20-21H2,1H3,(H,33,36)/b28-18-,32-19+,34-31-. The molecule has 1 aliphatic heterocycles. The van der Waals surface area contributed by atoms with Crippen LogP contribution in [0.4, 0.5) is 5.69 Å². The second-order valence-corrected chi connectivity index (χ2v) is 9.87. The van der Waals surface area contributed by atoms with Gasteiger partial charge in [0.25, 0.3) is 11.8 Å². The van der Waals surface area contributed by atoms with Gasteiger partial charge in [0, 0.05) is 11.3 Å². The summed E-state index contributed by atoms with van der Waals surface area (Å²) < 4.78 is 11.3. The zero-order chi connectivity index (χ0) is 27.7. The van der Waals surface area contributed by atoms with E-state index in [2.05, 4.69) is 15.5 Å². The lowest BCUT2D eigenvalue weighted by Crippen LogP contribution is -2.28. The number of carbonyl (C=O) groups is 2. The molecule has 0 spiro atoms. The van der Waals surface area contributed by atoms with Crippen molar-refractivity contribution in [1.82, 2.24) is 4.90 Å². The van der Waals surface area contributed by atoms with Gasteiger partial charge in [-0.05, 0) is 60.7 Å². The number of carbonyl (C=O) groups excluding carboxylic acids is 2. The van der Waals surface area contributed by atoms with Crippen LogP contribution < -0.4 is 10.1 Å². The number of furan rings is 1. The number of hydrogen-bond donors (Lipinski definition) is 1. The SMILES string of the molecule is Cc1ccc(NC(=O)COc2ccccc2/C=C2\S/C(=N\N=C\c3ccccc3)N(Cc3ccco3)C2=O)cc1. The molecule has 3 aromatic carbocycles. The molecule has 2 heterocycles. The third-order valence-corrected chi connectivity index (χ3v) is 6.83. The predicted molar refractivity (Wildman–Crippen MR) is 158 cm³/mol. The maximum absolute atomic E-state index is 13.4. The molecule has 0 aliphatic carbocycles. The minimum atomic E-state index is -0.284. The van der Waals surface area contributed by atoms with E-state index in [9.17, 15) is 9.59 Å². The lowest BCUT2D eigenvalue weighted by Gasteiger charge is -2.12. The average molecular weight is 551 g/mol. The van der Waals surface area contributed by atoms with Crippen LogP contribution in [-0.4, -0.2) is 34.7 Å². The van der Waals surface area contributed by atoms with Gasteiger partial charge in [-0.3, -0.25) is 14.5 Å². The summed E-state index contributed by atoms with van der Waals surface area (Å²) in [6.45, 7) is 2.02. The topological polar surface area (TPSA) is 96.5 Å². The van der Waals surface area contributed by atoms with Gasteiger partial charge in [-0.25, -0.2) is 0 Å². The third-order valence-electron chi connectivity index (χ3n) is 5.83. The van der Waals surface area contributed by atoms with E-state index >= 15 is 0 Å². The molecular weight excluding hydrogens is 524 g/mol. The first-order chi connectivity index (χ1) is 19.5. The molecule has 2 amide bonds. The van der Waals surface area contributed by atoms with E-state index in [0.717, 1.165) is 11.1 Å². The largest absolute Gasteiger partial charge is 0.483 e. The van der Waals surface area contributed by atoms with E-state index in [1.54, 1.807) is 36.8 Å². The van der Waals surface area contributed by atoms with Gasteiger partial charge in [0.1, 0.15) is 11.5 Å². The van der Waals surface area contributed by atoms with Gasteiger partial charge < -0.3 is 14.5 Å². The molecule has 1 fully saturated rings. The van der Waals surface area contributed by atoms with Crippen molar-refractivity contribution in [3.63, 3.8) is 0 Å². The fraction of sp³-hybridized carbons (Fsp3) is 0.0968. The van der Waals surface area contributed by atoms with Crippen LogP contribution in [0.25, 0.3) is 6.08 Å². The highest BCUT2D eigenvalue weighted by atomic mass is 32.2. The average Bonchev–Trinajstić information content (AvgIpc) is 3.59. The molecule has 1 saturated heterocycles. The van der Waals surface area contributed by atoms with Crippen LogP contribution in [0.15, 0.2) is 117 Å². The van der Waals surface area contributed by atoms with E-state index in [1.807, 2.05) is 79.7 Å². The van der Waals surface area contributed by atoms with E-state index in [-0.39, 0.29) is 25.0 Å². The number of anilines is 1. The Hall–Kier alpha value is -4.89. The normalized spacial score (nSPS) is 15.3. The number of benzene rings is 3. The molecule has 5 rings (SSSR count). The number of rotatable bonds is 9. The Labute approximate surface area is 236 Å². The summed E-state index contributed by atoms with van der Waals surface area (Å²) in [6.07, 6.45) is 4.93. The van der Waals surface area contributed by atoms with E-state index in [1.165, 1.54) is 16.7 Å². The van der Waals surface area contributed by atoms with Gasteiger partial charge in [0.2, 0.25) is 0 Å². The molecule has 0 unspecified atom stereocenters. The second-order valence-electron chi connectivity index (χ2n) is 8.86. The molecule has 40 heavy (non-hydrogen) atoms. The minimum absolute atomic E-state index is 0.180. The number of amides is 2. The first kappa shape index (κ1) is 26.7. The Morgan fingerprint density at radius 2 is 1.77 bits per heavy atom. The fourth-order valence-corrected chi connectivity index (χ4v) is 4.74. The van der Waals surface area contributed by atoms with Crippen LogP contribution >= 0.6 is 11.8 Å². The number of aryl methyl sites for hydroxylation is 1. The number of thioether (sulfide) groups is 1. The van der Waals surface area contributed by atoms with Crippen LogP contribution in [0, 0.1) is 6.92 Å². The quantitative estimate of drug-likeness (QED) is 0.154. The van der Waals surface area contributed by atoms with Crippen LogP contribution in [0.1, 0.15) is 22.5 Å². The maximum atomic E-state index is 13.4. The number of hydrogen-bond acceptors (Lipinski definition) is 7. The van der Waals surface area contributed by atoms with Gasteiger partial charge in [-0.2, -0.15) is 5.10 Å². The van der Waals surface area contributed by atoms with Crippen molar-refractivity contribution < 1.29 is 18.7 Å². The molecule has 1 N–H and O–H groups in total. The van der Waals surface area contributed by atoms with Crippen molar-refractivity contribution in [3.8, 4) is 5.75 Å². The zero-order valence-electron chi connectivity index (χ0n) is 21.7. The molecule has 9 heteroatoms. The lowest BCUT2D eigenvalue weighted by atomic mass is 10.2. The van der Waals surface area contributed by atoms with Crippen molar-refractivity contribution in [2.75, 3.05) is 11.9 Å². The molecule has 0 saturated carbocycles. The Kier molecular flexibility index (Phi) is 8.53. The Morgan fingerprint density at radius 1 is 1.00 bits per heavy atom. The molecule has 1 aliphatic rings. The van der Waals surface area contributed by atoms with E-state index in [4.69, 9.17) is 9.15 Å². The van der Waals surface area contributed by atoms with Crippen molar-refractivity contribution in [2.45, 2.75) is 13.5 Å². The van der Waals surface area contributed by atoms with Crippen molar-refractivity contribution in [1.29, 1.82) is 0 Å². The number of para-hydroxylation sites is 1. The van der Waals surface area contributed by atoms with E-state index < -0.39 is 0 Å². The first-order valence-corrected chi connectivity index (χ1v) is 13.3. The highest BCUT2D eigenvalue weighted by Gasteiger charge is 2.34. The molecule has 0 bridgehead atoms. The summed E-state index contributed by atoms with van der Waals surface area (Å²) >= 11 is 1.21. The molecule has 8 nitrogen and oxygen atoms in total. The highest BCUT2D eigenvalue weighted by molar-refractivity contribution is 8.18. The van der Waals surface area contributed by atoms with Crippen molar-refractivity contribution in [3.05, 3.63) is 125 Å². The second kappa shape index (κ2) is 12.8. The Morgan fingerprint density at radius 3 is 2.55 bits per heavy atom. The van der Waals surface area contributed by atoms with Crippen LogP contribution in [0.5, 0.6) is 5.75 Å². The van der Waals surface area contributed by atoms with Crippen LogP contribution in [-0.2, 0) is 16.1 Å². The molecule has 200 valence electrons. The Balaban J connectivity index is 1.33. The Bertz CT molecular complexity index is 1560. The zero-order valence-corrected chi connectivity index (χ0v) is 22.5. The molecule has 4 aromatic rings. The van der Waals surface area contributed by atoms with Crippen molar-refractivity contribution in [2.24, 2.45) is 10.2 Å². The number of nitrogens with zero attached hydrogens (tertiary/aromatic N) is 3. The molecule has 1 aromatic heterocycles. The van der Waals surface area contributed by atoms with Gasteiger partial charge in [-0.15, -0.1) is 5.10 Å². The lowest BCUT2D eigenvalue weighted by molar-refractivity contribution is -0.122. The monoisotopic (exact) mass is 550 g/mol. The summed E-state index contributed by atoms with van der Waals surface area (Å²) in [6, 6.07) is 27.9. The van der Waals surface area contributed by atoms with Gasteiger partial charge >= 0.3 is 0 Å².